The predicted octanol–water partition coefficient (Wildman–Crippen LogP) is 14.8. The first-order valence-electron chi connectivity index (χ1n) is 19.1. The van der Waals surface area contributed by atoms with E-state index >= 15 is 0 Å². The van der Waals surface area contributed by atoms with Gasteiger partial charge in [0.25, 0.3) is 0 Å². The van der Waals surface area contributed by atoms with Gasteiger partial charge in [0.1, 0.15) is 5.76 Å². The summed E-state index contributed by atoms with van der Waals surface area (Å²) in [5.74, 6) is 0.286. The van der Waals surface area contributed by atoms with E-state index < -0.39 is 11.7 Å². The zero-order valence-corrected chi connectivity index (χ0v) is 37.9. The molecule has 0 aliphatic carbocycles. The summed E-state index contributed by atoms with van der Waals surface area (Å²) in [5, 5.41) is 12.4. The Balaban J connectivity index is 0.000000385. The van der Waals surface area contributed by atoms with Crippen molar-refractivity contribution in [2.75, 3.05) is 0 Å². The molecule has 1 radical (unpaired) electrons. The molecular weight excluding hydrogens is 892 g/mol. The third-order valence-corrected chi connectivity index (χ3v) is 12.9. The van der Waals surface area contributed by atoms with Crippen LogP contribution in [0.2, 0.25) is 0 Å². The SMILES string of the molecule is CCC(C)(CC)C(=O)/C=C(\O)C(C)(CC)CC.Cc1cc(C)c(-c2sc3c(-c4[c-]c5ccccc5c(C(C)(C)C)c4)ncc(C(F)(F)F)c3c2C)c(C)c1.[Ir]. The molecule has 0 bridgehead atoms. The van der Waals surface area contributed by atoms with Crippen LogP contribution >= 0.6 is 11.3 Å². The number of thiophene rings is 1. The Morgan fingerprint density at radius 1 is 0.836 bits per heavy atom. The minimum atomic E-state index is -4.51. The number of rotatable bonds is 9. The molecule has 0 amide bonds. The van der Waals surface area contributed by atoms with Gasteiger partial charge in [0.2, 0.25) is 0 Å². The first-order valence-corrected chi connectivity index (χ1v) is 19.9. The summed E-state index contributed by atoms with van der Waals surface area (Å²) in [6, 6.07) is 17.7. The van der Waals surface area contributed by atoms with Gasteiger partial charge in [-0.1, -0.05) is 109 Å². The summed E-state index contributed by atoms with van der Waals surface area (Å²) in [7, 11) is 0. The number of halogens is 3. The van der Waals surface area contributed by atoms with Crippen molar-refractivity contribution in [3.05, 3.63) is 99.9 Å². The summed E-state index contributed by atoms with van der Waals surface area (Å²) in [5.41, 5.74) is 5.81. The number of fused-ring (bicyclic) bond motifs is 2. The second-order valence-corrected chi connectivity index (χ2v) is 17.4. The molecule has 0 atom stereocenters. The number of ketones is 1. The molecule has 0 aliphatic rings. The van der Waals surface area contributed by atoms with Crippen LogP contribution in [0.3, 0.4) is 0 Å². The summed E-state index contributed by atoms with van der Waals surface area (Å²) in [6.45, 7) is 26.4. The molecule has 0 saturated heterocycles. The summed E-state index contributed by atoms with van der Waals surface area (Å²) >= 11 is 1.40. The molecular formula is C47H57F3IrNO2S-. The number of nitrogens with zero attached hydrogens (tertiary/aromatic N) is 1. The minimum Gasteiger partial charge on any atom is -0.512 e. The first kappa shape index (κ1) is 46.1. The average molecular weight is 949 g/mol. The number of hydrogen-bond donors (Lipinski definition) is 1. The molecule has 0 spiro atoms. The molecule has 0 aliphatic heterocycles. The van der Waals surface area contributed by atoms with E-state index in [9.17, 15) is 23.1 Å². The topological polar surface area (TPSA) is 50.2 Å². The normalized spacial score (nSPS) is 12.8. The van der Waals surface area contributed by atoms with Gasteiger partial charge in [-0.3, -0.25) is 9.78 Å². The van der Waals surface area contributed by atoms with Gasteiger partial charge in [0, 0.05) is 63.9 Å². The Kier molecular flexibility index (Phi) is 14.6. The molecule has 3 nitrogen and oxygen atoms in total. The second-order valence-electron chi connectivity index (χ2n) is 16.4. The molecule has 299 valence electrons. The summed E-state index contributed by atoms with van der Waals surface area (Å²) in [6.07, 6.45) is 1.24. The number of aromatic nitrogens is 1. The van der Waals surface area contributed by atoms with E-state index in [-0.39, 0.29) is 53.3 Å². The fraction of sp³-hybridized carbons (Fsp3) is 0.447. The number of allylic oxidation sites excluding steroid dienone is 2. The smallest absolute Gasteiger partial charge is 0.418 e. The van der Waals surface area contributed by atoms with Gasteiger partial charge < -0.3 is 5.11 Å². The van der Waals surface area contributed by atoms with E-state index in [2.05, 4.69) is 56.1 Å². The number of benzene rings is 3. The number of aryl methyl sites for hydroxylation is 4. The summed E-state index contributed by atoms with van der Waals surface area (Å²) < 4.78 is 43.3. The van der Waals surface area contributed by atoms with E-state index in [4.69, 9.17) is 0 Å². The zero-order valence-electron chi connectivity index (χ0n) is 34.7. The van der Waals surface area contributed by atoms with Crippen LogP contribution in [-0.4, -0.2) is 15.9 Å². The van der Waals surface area contributed by atoms with Gasteiger partial charge in [-0.2, -0.15) is 13.2 Å². The molecule has 1 N–H and O–H groups in total. The molecule has 0 saturated carbocycles. The fourth-order valence-corrected chi connectivity index (χ4v) is 8.61. The van der Waals surface area contributed by atoms with Crippen LogP contribution in [0.1, 0.15) is 121 Å². The van der Waals surface area contributed by atoms with Crippen molar-refractivity contribution in [2.24, 2.45) is 10.8 Å². The van der Waals surface area contributed by atoms with Crippen molar-refractivity contribution in [3.8, 4) is 21.7 Å². The number of carbonyl (C=O) groups excluding carboxylic acids is 1. The molecule has 5 aromatic rings. The largest absolute Gasteiger partial charge is 0.512 e. The molecule has 0 unspecified atom stereocenters. The average Bonchev–Trinajstić information content (AvgIpc) is 3.44. The van der Waals surface area contributed by atoms with E-state index in [0.717, 1.165) is 75.3 Å². The van der Waals surface area contributed by atoms with Crippen LogP contribution in [-0.2, 0) is 36.5 Å². The molecule has 2 heterocycles. The van der Waals surface area contributed by atoms with Crippen LogP contribution in [0, 0.1) is 44.6 Å². The van der Waals surface area contributed by atoms with Gasteiger partial charge in [-0.05, 0) is 81.0 Å². The van der Waals surface area contributed by atoms with Crippen molar-refractivity contribution in [1.29, 1.82) is 0 Å². The number of hydrogen-bond acceptors (Lipinski definition) is 4. The van der Waals surface area contributed by atoms with Crippen LogP contribution in [0.25, 0.3) is 42.6 Å². The van der Waals surface area contributed by atoms with E-state index in [1.807, 2.05) is 80.5 Å². The van der Waals surface area contributed by atoms with Crippen molar-refractivity contribution < 1.29 is 43.2 Å². The quantitative estimate of drug-likeness (QED) is 0.0910. The van der Waals surface area contributed by atoms with Gasteiger partial charge in [-0.25, -0.2) is 0 Å². The third kappa shape index (κ3) is 9.46. The molecule has 8 heteroatoms. The number of carbonyl (C=O) groups is 1. The van der Waals surface area contributed by atoms with Crippen molar-refractivity contribution in [2.45, 2.75) is 127 Å². The Morgan fingerprint density at radius 3 is 1.89 bits per heavy atom. The van der Waals surface area contributed by atoms with Crippen molar-refractivity contribution in [3.63, 3.8) is 0 Å². The number of aliphatic hydroxyl groups excluding tert-OH is 1. The minimum absolute atomic E-state index is 0. The Bertz CT molecular complexity index is 2180. The van der Waals surface area contributed by atoms with E-state index in [0.29, 0.717) is 21.5 Å². The third-order valence-electron chi connectivity index (χ3n) is 11.6. The number of aliphatic hydroxyl groups is 1. The Hall–Kier alpha value is -3.32. The molecule has 55 heavy (non-hydrogen) atoms. The molecule has 5 rings (SSSR count). The van der Waals surface area contributed by atoms with Crippen LogP contribution in [0.5, 0.6) is 0 Å². The number of pyridine rings is 1. The maximum atomic E-state index is 14.2. The van der Waals surface area contributed by atoms with E-state index in [1.165, 1.54) is 17.4 Å². The van der Waals surface area contributed by atoms with Crippen LogP contribution < -0.4 is 0 Å². The Labute approximate surface area is 344 Å². The molecule has 3 aromatic carbocycles. The second kappa shape index (κ2) is 17.4. The van der Waals surface area contributed by atoms with Gasteiger partial charge in [0.15, 0.2) is 5.78 Å². The van der Waals surface area contributed by atoms with E-state index in [1.54, 1.807) is 6.92 Å². The van der Waals surface area contributed by atoms with Gasteiger partial charge in [0.05, 0.1) is 5.56 Å². The fourth-order valence-electron chi connectivity index (χ4n) is 7.10. The standard InChI is InChI=1S/C32H29F3NS.C15H28O2.Ir/c1-17-12-18(2)26(19(3)13-17)29-20(4)27-25(32(33,34)35)16-36-28(30(27)37-29)22-14-21-10-8-9-11-23(21)24(15-22)31(5,6)7;1-7-14(5,8-2)12(16)11-13(17)15(6,9-3)10-4;/h8-13,15-16H,1-7H3;11,16H,7-10H2,1-6H3;/q-1;;/b;12-11-;. The van der Waals surface area contributed by atoms with Gasteiger partial charge >= 0.3 is 6.18 Å². The monoisotopic (exact) mass is 949 g/mol. The number of alkyl halides is 3. The maximum Gasteiger partial charge on any atom is 0.418 e. The maximum absolute atomic E-state index is 14.2. The van der Waals surface area contributed by atoms with Crippen molar-refractivity contribution >= 4 is 38.0 Å². The zero-order chi connectivity index (χ0) is 40.6. The van der Waals surface area contributed by atoms with Gasteiger partial charge in [-0.15, -0.1) is 40.5 Å². The predicted molar refractivity (Wildman–Crippen MR) is 223 cm³/mol. The van der Waals surface area contributed by atoms with Crippen LogP contribution in [0.15, 0.2) is 60.5 Å². The Morgan fingerprint density at radius 2 is 1.38 bits per heavy atom. The summed E-state index contributed by atoms with van der Waals surface area (Å²) in [4.78, 5) is 17.5. The molecule has 0 fully saturated rings. The van der Waals surface area contributed by atoms with Crippen LogP contribution in [0.4, 0.5) is 13.2 Å². The molecule has 2 aromatic heterocycles. The van der Waals surface area contributed by atoms with Crippen molar-refractivity contribution in [1.82, 2.24) is 4.98 Å². The first-order chi connectivity index (χ1) is 25.1.